The molecule has 0 fully saturated rings. The van der Waals surface area contributed by atoms with Crippen LogP contribution in [0.5, 0.6) is 0 Å². The van der Waals surface area contributed by atoms with E-state index in [9.17, 15) is 4.79 Å². The maximum Gasteiger partial charge on any atom is 0.313 e. The zero-order valence-electron chi connectivity index (χ0n) is 9.91. The predicted octanol–water partition coefficient (Wildman–Crippen LogP) is 1.81. The van der Waals surface area contributed by atoms with Gasteiger partial charge in [0, 0.05) is 24.8 Å². The SMILES string of the molecule is Cc1ccncc1Cn1ccnc1SCC(=O)O. The van der Waals surface area contributed by atoms with Crippen LogP contribution in [0.15, 0.2) is 36.0 Å². The summed E-state index contributed by atoms with van der Waals surface area (Å²) in [5.41, 5.74) is 2.26. The van der Waals surface area contributed by atoms with Crippen molar-refractivity contribution in [2.24, 2.45) is 0 Å². The lowest BCUT2D eigenvalue weighted by atomic mass is 10.1. The maximum absolute atomic E-state index is 10.6. The fraction of sp³-hybridized carbons (Fsp3) is 0.250. The van der Waals surface area contributed by atoms with Crippen molar-refractivity contribution in [3.8, 4) is 0 Å². The largest absolute Gasteiger partial charge is 0.481 e. The zero-order chi connectivity index (χ0) is 13.0. The van der Waals surface area contributed by atoms with Crippen molar-refractivity contribution in [1.82, 2.24) is 14.5 Å². The van der Waals surface area contributed by atoms with Crippen molar-refractivity contribution < 1.29 is 9.90 Å². The van der Waals surface area contributed by atoms with E-state index in [0.717, 1.165) is 11.1 Å². The number of hydrogen-bond acceptors (Lipinski definition) is 4. The van der Waals surface area contributed by atoms with Crippen LogP contribution in [0.25, 0.3) is 0 Å². The number of nitrogens with zero attached hydrogens (tertiary/aromatic N) is 3. The molecular formula is C12H13N3O2S. The number of pyridine rings is 1. The van der Waals surface area contributed by atoms with Crippen LogP contribution in [-0.4, -0.2) is 31.4 Å². The number of carboxylic acid groups (broad SMARTS) is 1. The number of aryl methyl sites for hydroxylation is 1. The molecule has 0 aromatic carbocycles. The molecule has 5 nitrogen and oxygen atoms in total. The van der Waals surface area contributed by atoms with E-state index < -0.39 is 5.97 Å². The standard InChI is InChI=1S/C12H13N3O2S/c1-9-2-3-13-6-10(9)7-15-5-4-14-12(15)18-8-11(16)17/h2-6H,7-8H2,1H3,(H,16,17). The Morgan fingerprint density at radius 1 is 1.50 bits per heavy atom. The number of carboxylic acids is 1. The number of thioether (sulfide) groups is 1. The van der Waals surface area contributed by atoms with Gasteiger partial charge in [0.15, 0.2) is 5.16 Å². The van der Waals surface area contributed by atoms with E-state index >= 15 is 0 Å². The molecule has 2 aromatic rings. The monoisotopic (exact) mass is 263 g/mol. The second kappa shape index (κ2) is 5.68. The van der Waals surface area contributed by atoms with E-state index in [2.05, 4.69) is 9.97 Å². The molecule has 0 atom stereocenters. The summed E-state index contributed by atoms with van der Waals surface area (Å²) in [6.07, 6.45) is 7.10. The van der Waals surface area contributed by atoms with Crippen LogP contribution in [-0.2, 0) is 11.3 Å². The van der Waals surface area contributed by atoms with Gasteiger partial charge in [-0.3, -0.25) is 9.78 Å². The smallest absolute Gasteiger partial charge is 0.313 e. The Morgan fingerprint density at radius 2 is 2.33 bits per heavy atom. The molecule has 0 saturated heterocycles. The Labute approximate surface area is 109 Å². The van der Waals surface area contributed by atoms with Gasteiger partial charge >= 0.3 is 5.97 Å². The van der Waals surface area contributed by atoms with Gasteiger partial charge < -0.3 is 9.67 Å². The number of aliphatic carboxylic acids is 1. The highest BCUT2D eigenvalue weighted by Crippen LogP contribution is 2.17. The summed E-state index contributed by atoms with van der Waals surface area (Å²) in [5, 5.41) is 9.38. The second-order valence-corrected chi connectivity index (χ2v) is 4.76. The van der Waals surface area contributed by atoms with E-state index in [-0.39, 0.29) is 5.75 Å². The molecule has 0 aliphatic rings. The van der Waals surface area contributed by atoms with Gasteiger partial charge in [-0.2, -0.15) is 0 Å². The first-order valence-corrected chi connectivity index (χ1v) is 6.40. The van der Waals surface area contributed by atoms with E-state index in [0.29, 0.717) is 11.7 Å². The molecular weight excluding hydrogens is 250 g/mol. The normalized spacial score (nSPS) is 10.5. The molecule has 94 valence electrons. The van der Waals surface area contributed by atoms with Gasteiger partial charge in [-0.15, -0.1) is 0 Å². The average molecular weight is 263 g/mol. The molecule has 0 saturated carbocycles. The molecule has 18 heavy (non-hydrogen) atoms. The molecule has 0 spiro atoms. The third-order valence-electron chi connectivity index (χ3n) is 2.49. The summed E-state index contributed by atoms with van der Waals surface area (Å²) in [6.45, 7) is 2.68. The topological polar surface area (TPSA) is 68.0 Å². The Bertz CT molecular complexity index is 554. The van der Waals surface area contributed by atoms with Crippen LogP contribution >= 0.6 is 11.8 Å². The average Bonchev–Trinajstić information content (AvgIpc) is 2.77. The maximum atomic E-state index is 10.6. The Morgan fingerprint density at radius 3 is 3.06 bits per heavy atom. The van der Waals surface area contributed by atoms with Gasteiger partial charge in [0.05, 0.1) is 12.3 Å². The lowest BCUT2D eigenvalue weighted by Crippen LogP contribution is -2.05. The van der Waals surface area contributed by atoms with Crippen molar-refractivity contribution >= 4 is 17.7 Å². The van der Waals surface area contributed by atoms with Gasteiger partial charge in [-0.05, 0) is 24.1 Å². The summed E-state index contributed by atoms with van der Waals surface area (Å²) >= 11 is 1.22. The molecule has 2 rings (SSSR count). The molecule has 6 heteroatoms. The van der Waals surface area contributed by atoms with E-state index in [1.165, 1.54) is 11.8 Å². The van der Waals surface area contributed by atoms with Gasteiger partial charge in [0.1, 0.15) is 0 Å². The number of rotatable bonds is 5. The van der Waals surface area contributed by atoms with Crippen LogP contribution in [0.1, 0.15) is 11.1 Å². The highest BCUT2D eigenvalue weighted by Gasteiger charge is 2.08. The Balaban J connectivity index is 2.12. The first-order chi connectivity index (χ1) is 8.66. The number of hydrogen-bond donors (Lipinski definition) is 1. The van der Waals surface area contributed by atoms with E-state index in [1.54, 1.807) is 12.4 Å². The molecule has 2 heterocycles. The molecule has 2 aromatic heterocycles. The van der Waals surface area contributed by atoms with Crippen molar-refractivity contribution in [3.63, 3.8) is 0 Å². The summed E-state index contributed by atoms with van der Waals surface area (Å²) in [6, 6.07) is 1.95. The quantitative estimate of drug-likeness (QED) is 0.833. The third-order valence-corrected chi connectivity index (χ3v) is 3.48. The first kappa shape index (κ1) is 12.6. The van der Waals surface area contributed by atoms with Crippen molar-refractivity contribution in [2.75, 3.05) is 5.75 Å². The minimum atomic E-state index is -0.841. The first-order valence-electron chi connectivity index (χ1n) is 5.42. The fourth-order valence-corrected chi connectivity index (χ4v) is 2.21. The Kier molecular flexibility index (Phi) is 3.99. The fourth-order valence-electron chi connectivity index (χ4n) is 1.53. The van der Waals surface area contributed by atoms with Gasteiger partial charge in [0.2, 0.25) is 0 Å². The molecule has 0 amide bonds. The van der Waals surface area contributed by atoms with Crippen molar-refractivity contribution in [2.45, 2.75) is 18.6 Å². The molecule has 0 aliphatic heterocycles. The highest BCUT2D eigenvalue weighted by atomic mass is 32.2. The number of imidazole rings is 1. The molecule has 0 radical (unpaired) electrons. The van der Waals surface area contributed by atoms with Crippen LogP contribution in [0, 0.1) is 6.92 Å². The van der Waals surface area contributed by atoms with Crippen LogP contribution in [0.4, 0.5) is 0 Å². The molecule has 0 unspecified atom stereocenters. The van der Waals surface area contributed by atoms with Gasteiger partial charge in [0.25, 0.3) is 0 Å². The zero-order valence-corrected chi connectivity index (χ0v) is 10.7. The number of carbonyl (C=O) groups is 1. The van der Waals surface area contributed by atoms with Crippen LogP contribution < -0.4 is 0 Å². The summed E-state index contributed by atoms with van der Waals surface area (Å²) in [5.74, 6) is -0.824. The minimum Gasteiger partial charge on any atom is -0.481 e. The minimum absolute atomic E-state index is 0.0169. The van der Waals surface area contributed by atoms with Gasteiger partial charge in [-0.1, -0.05) is 11.8 Å². The molecule has 1 N–H and O–H groups in total. The lowest BCUT2D eigenvalue weighted by Gasteiger charge is -2.08. The van der Waals surface area contributed by atoms with E-state index in [1.807, 2.05) is 30.0 Å². The highest BCUT2D eigenvalue weighted by molar-refractivity contribution is 7.99. The van der Waals surface area contributed by atoms with Crippen molar-refractivity contribution in [3.05, 3.63) is 42.0 Å². The second-order valence-electron chi connectivity index (χ2n) is 3.82. The van der Waals surface area contributed by atoms with E-state index in [4.69, 9.17) is 5.11 Å². The Hall–Kier alpha value is -1.82. The summed E-state index contributed by atoms with van der Waals surface area (Å²) in [4.78, 5) is 18.8. The summed E-state index contributed by atoms with van der Waals surface area (Å²) < 4.78 is 1.93. The molecule has 0 bridgehead atoms. The third kappa shape index (κ3) is 3.10. The van der Waals surface area contributed by atoms with Gasteiger partial charge in [-0.25, -0.2) is 4.98 Å². The molecule has 0 aliphatic carbocycles. The van der Waals surface area contributed by atoms with Crippen molar-refractivity contribution in [1.29, 1.82) is 0 Å². The van der Waals surface area contributed by atoms with Crippen LogP contribution in [0.3, 0.4) is 0 Å². The lowest BCUT2D eigenvalue weighted by molar-refractivity contribution is -0.133. The number of aromatic nitrogens is 3. The predicted molar refractivity (Wildman–Crippen MR) is 68.7 cm³/mol. The summed E-state index contributed by atoms with van der Waals surface area (Å²) in [7, 11) is 0. The van der Waals surface area contributed by atoms with Crippen LogP contribution in [0.2, 0.25) is 0 Å².